The lowest BCUT2D eigenvalue weighted by Gasteiger charge is -2.21. The minimum Gasteiger partial charge on any atom is -0.507 e. The fraction of sp³-hybridized carbons (Fsp3) is 0.129. The van der Waals surface area contributed by atoms with Gasteiger partial charge in [-0.15, -0.1) is 0 Å². The predicted molar refractivity (Wildman–Crippen MR) is 146 cm³/mol. The van der Waals surface area contributed by atoms with E-state index in [2.05, 4.69) is 0 Å². The van der Waals surface area contributed by atoms with Gasteiger partial charge >= 0.3 is 6.18 Å². The van der Waals surface area contributed by atoms with Crippen molar-refractivity contribution in [2.75, 3.05) is 0 Å². The smallest absolute Gasteiger partial charge is 0.453 e. The summed E-state index contributed by atoms with van der Waals surface area (Å²) < 4.78 is 53.4. The molecule has 0 bridgehead atoms. The van der Waals surface area contributed by atoms with E-state index in [0.29, 0.717) is 13.1 Å². The summed E-state index contributed by atoms with van der Waals surface area (Å²) in [7, 11) is 0. The molecule has 0 atom stereocenters. The average Bonchev–Trinajstić information content (AvgIpc) is 2.93. The normalized spacial score (nSPS) is 11.7. The van der Waals surface area contributed by atoms with Crippen molar-refractivity contribution in [2.45, 2.75) is 25.8 Å². The summed E-state index contributed by atoms with van der Waals surface area (Å²) in [5.41, 5.74) is 0.721. The van der Waals surface area contributed by atoms with E-state index in [1.807, 2.05) is 60.7 Å². The number of phenolic OH excluding ortho intramolecular Hbond substituents is 1. The number of alkyl halides is 3. The van der Waals surface area contributed by atoms with Gasteiger partial charge in [-0.25, -0.2) is 0 Å². The molecule has 0 radical (unpaired) electrons. The third kappa shape index (κ3) is 5.98. The van der Waals surface area contributed by atoms with Crippen LogP contribution in [-0.4, -0.2) is 5.11 Å². The van der Waals surface area contributed by atoms with Crippen LogP contribution in [0.4, 0.5) is 13.2 Å². The predicted octanol–water partition coefficient (Wildman–Crippen LogP) is 6.75. The average molecular weight is 567 g/mol. The highest BCUT2D eigenvalue weighted by Crippen LogP contribution is 2.40. The second-order valence-electron chi connectivity index (χ2n) is 9.31. The first-order valence-electron chi connectivity index (χ1n) is 12.4. The molecule has 204 valence electrons. The summed E-state index contributed by atoms with van der Waals surface area (Å²) in [6.45, 7) is 1.10. The number of aromatic hydroxyl groups is 1. The molecule has 0 fully saturated rings. The molecule has 1 aromatic heterocycles. The Kier molecular flexibility index (Phi) is 7.82. The zero-order valence-corrected chi connectivity index (χ0v) is 21.8. The number of nitrogens with one attached hydrogen (secondary N) is 1. The molecule has 40 heavy (non-hydrogen) atoms. The van der Waals surface area contributed by atoms with E-state index in [4.69, 9.17) is 20.8 Å². The van der Waals surface area contributed by atoms with Crippen LogP contribution in [-0.2, 0) is 25.8 Å². The zero-order chi connectivity index (χ0) is 28.3. The molecule has 0 saturated carbocycles. The SMILES string of the molecule is O=c1c(Oc2ccccc2Cl)c(C(F)(F)F)oc2c(C[NH+](Cc3ccccc3)Cc3ccccc3)c(O)ccc12. The molecule has 0 spiro atoms. The number of rotatable bonds is 8. The van der Waals surface area contributed by atoms with Gasteiger partial charge in [0.15, 0.2) is 5.58 Å². The Balaban J connectivity index is 1.62. The number of hydrogen-bond donors (Lipinski definition) is 2. The number of halogens is 4. The van der Waals surface area contributed by atoms with Crippen LogP contribution in [0, 0.1) is 0 Å². The summed E-state index contributed by atoms with van der Waals surface area (Å²) in [5, 5.41) is 10.7. The number of para-hydroxylation sites is 1. The summed E-state index contributed by atoms with van der Waals surface area (Å²) in [6, 6.07) is 27.6. The van der Waals surface area contributed by atoms with Crippen LogP contribution in [0.1, 0.15) is 22.5 Å². The summed E-state index contributed by atoms with van der Waals surface area (Å²) in [6.07, 6.45) is -5.06. The lowest BCUT2D eigenvalue weighted by Crippen LogP contribution is -3.08. The van der Waals surface area contributed by atoms with Crippen LogP contribution in [0.3, 0.4) is 0 Å². The Morgan fingerprint density at radius 3 is 1.95 bits per heavy atom. The van der Waals surface area contributed by atoms with E-state index in [1.165, 1.54) is 30.3 Å². The molecule has 4 aromatic carbocycles. The monoisotopic (exact) mass is 566 g/mol. The van der Waals surface area contributed by atoms with E-state index in [1.54, 1.807) is 6.07 Å². The number of benzene rings is 4. The van der Waals surface area contributed by atoms with Gasteiger partial charge in [0.2, 0.25) is 11.2 Å². The van der Waals surface area contributed by atoms with Crippen molar-refractivity contribution in [2.24, 2.45) is 0 Å². The number of ether oxygens (including phenoxy) is 1. The number of fused-ring (bicyclic) bond motifs is 1. The number of quaternary nitrogens is 1. The van der Waals surface area contributed by atoms with Crippen molar-refractivity contribution in [1.29, 1.82) is 0 Å². The van der Waals surface area contributed by atoms with E-state index in [9.17, 15) is 23.1 Å². The van der Waals surface area contributed by atoms with Gasteiger partial charge in [0, 0.05) is 11.1 Å². The van der Waals surface area contributed by atoms with Crippen molar-refractivity contribution >= 4 is 22.6 Å². The molecule has 1 heterocycles. The maximum Gasteiger partial charge on any atom is 0.453 e. The standard InChI is InChI=1S/C31H23ClF3NO4/c32-24-13-7-8-14-26(24)39-29-27(38)22-15-16-25(37)23(28(22)40-30(29)31(33,34)35)19-36(17-20-9-3-1-4-10-20)18-21-11-5-2-6-12-21/h1-16,37H,17-19H2/p+1. The molecule has 5 nitrogen and oxygen atoms in total. The van der Waals surface area contributed by atoms with Gasteiger partial charge in [0.1, 0.15) is 31.1 Å². The molecule has 0 aliphatic rings. The third-order valence-electron chi connectivity index (χ3n) is 6.42. The van der Waals surface area contributed by atoms with Gasteiger partial charge in [-0.3, -0.25) is 4.79 Å². The Morgan fingerprint density at radius 1 is 0.800 bits per heavy atom. The molecular formula is C31H24ClF3NO4+. The molecule has 5 aromatic rings. The molecular weight excluding hydrogens is 543 g/mol. The fourth-order valence-corrected chi connectivity index (χ4v) is 4.76. The molecule has 2 N–H and O–H groups in total. The van der Waals surface area contributed by atoms with E-state index in [0.717, 1.165) is 16.0 Å². The van der Waals surface area contributed by atoms with E-state index < -0.39 is 23.1 Å². The minimum absolute atomic E-state index is 0.0302. The van der Waals surface area contributed by atoms with E-state index in [-0.39, 0.29) is 39.6 Å². The summed E-state index contributed by atoms with van der Waals surface area (Å²) in [5.74, 6) is -3.03. The molecule has 9 heteroatoms. The maximum atomic E-state index is 14.2. The second kappa shape index (κ2) is 11.5. The molecule has 5 rings (SSSR count). The quantitative estimate of drug-likeness (QED) is 0.218. The van der Waals surface area contributed by atoms with Crippen LogP contribution in [0.2, 0.25) is 5.02 Å². The highest BCUT2D eigenvalue weighted by Gasteiger charge is 2.41. The van der Waals surface area contributed by atoms with Crippen molar-refractivity contribution in [3.05, 3.63) is 135 Å². The Morgan fingerprint density at radius 2 is 1.38 bits per heavy atom. The van der Waals surface area contributed by atoms with Gasteiger partial charge in [0.05, 0.1) is 16.0 Å². The largest absolute Gasteiger partial charge is 0.507 e. The molecule has 0 aliphatic heterocycles. The van der Waals surface area contributed by atoms with Crippen LogP contribution in [0.25, 0.3) is 11.0 Å². The van der Waals surface area contributed by atoms with E-state index >= 15 is 0 Å². The Labute approximate surface area is 232 Å². The van der Waals surface area contributed by atoms with Gasteiger partial charge in [-0.1, -0.05) is 84.4 Å². The molecule has 0 unspecified atom stereocenters. The molecule has 0 saturated heterocycles. The van der Waals surface area contributed by atoms with Crippen LogP contribution >= 0.6 is 11.6 Å². The lowest BCUT2D eigenvalue weighted by molar-refractivity contribution is -0.941. The zero-order valence-electron chi connectivity index (χ0n) is 21.0. The first-order chi connectivity index (χ1) is 19.2. The topological polar surface area (TPSA) is 64.1 Å². The van der Waals surface area contributed by atoms with Gasteiger partial charge in [-0.2, -0.15) is 13.2 Å². The second-order valence-corrected chi connectivity index (χ2v) is 9.72. The summed E-state index contributed by atoms with van der Waals surface area (Å²) in [4.78, 5) is 14.3. The minimum atomic E-state index is -5.06. The summed E-state index contributed by atoms with van der Waals surface area (Å²) >= 11 is 6.07. The van der Waals surface area contributed by atoms with Crippen LogP contribution < -0.4 is 15.1 Å². The van der Waals surface area contributed by atoms with Crippen molar-refractivity contribution in [1.82, 2.24) is 0 Å². The highest BCUT2D eigenvalue weighted by molar-refractivity contribution is 6.32. The lowest BCUT2D eigenvalue weighted by atomic mass is 10.1. The fourth-order valence-electron chi connectivity index (χ4n) is 4.58. The number of hydrogen-bond acceptors (Lipinski definition) is 4. The van der Waals surface area contributed by atoms with Crippen LogP contribution in [0.15, 0.2) is 106 Å². The van der Waals surface area contributed by atoms with Crippen molar-refractivity contribution in [3.63, 3.8) is 0 Å². The molecule has 0 aliphatic carbocycles. The first-order valence-corrected chi connectivity index (χ1v) is 12.8. The van der Waals surface area contributed by atoms with Crippen LogP contribution in [0.5, 0.6) is 17.2 Å². The van der Waals surface area contributed by atoms with Gasteiger partial charge < -0.3 is 19.2 Å². The van der Waals surface area contributed by atoms with Crippen molar-refractivity contribution < 1.29 is 32.3 Å². The van der Waals surface area contributed by atoms with Gasteiger partial charge in [-0.05, 0) is 24.3 Å². The van der Waals surface area contributed by atoms with Gasteiger partial charge in [0.25, 0.3) is 5.76 Å². The molecule has 0 amide bonds. The highest BCUT2D eigenvalue weighted by atomic mass is 35.5. The third-order valence-corrected chi connectivity index (χ3v) is 6.74. The Bertz CT molecular complexity index is 1650. The first kappa shape index (κ1) is 27.3. The maximum absolute atomic E-state index is 14.2. The Hall–Kier alpha value is -4.27. The van der Waals surface area contributed by atoms with Crippen molar-refractivity contribution in [3.8, 4) is 17.2 Å². The number of phenols is 1.